The molecule has 0 radical (unpaired) electrons. The zero-order valence-electron chi connectivity index (χ0n) is 40.7. The number of aryl methyl sites for hydroxylation is 6. The minimum atomic E-state index is 0.325. The van der Waals surface area contributed by atoms with Crippen LogP contribution in [0.3, 0.4) is 0 Å². The van der Waals surface area contributed by atoms with Crippen molar-refractivity contribution in [2.45, 2.75) is 138 Å². The van der Waals surface area contributed by atoms with Crippen molar-refractivity contribution >= 4 is 46.2 Å². The van der Waals surface area contributed by atoms with Crippen LogP contribution in [0.2, 0.25) is 0 Å². The average Bonchev–Trinajstić information content (AvgIpc) is 4.11. The van der Waals surface area contributed by atoms with E-state index in [4.69, 9.17) is 17.2 Å². The molecule has 0 saturated carbocycles. The van der Waals surface area contributed by atoms with Gasteiger partial charge in [0.2, 0.25) is 17.8 Å². The summed E-state index contributed by atoms with van der Waals surface area (Å²) in [5.41, 5.74) is 25.0. The van der Waals surface area contributed by atoms with Gasteiger partial charge in [-0.3, -0.25) is 9.36 Å². The largest absolute Gasteiger partial charge is 0.370 e. The van der Waals surface area contributed by atoms with E-state index in [2.05, 4.69) is 123 Å². The maximum atomic E-state index is 5.83. The van der Waals surface area contributed by atoms with Gasteiger partial charge in [-0.05, 0) is 102 Å². The molecule has 7 aromatic rings. The summed E-state index contributed by atoms with van der Waals surface area (Å²) in [4.78, 5) is 30.0. The molecule has 67 heavy (non-hydrogen) atoms. The Morgan fingerprint density at radius 1 is 0.507 bits per heavy atom. The van der Waals surface area contributed by atoms with Gasteiger partial charge < -0.3 is 37.7 Å². The summed E-state index contributed by atoms with van der Waals surface area (Å²) in [5, 5.41) is 19.8. The molecule has 0 aliphatic carbocycles. The zero-order valence-corrected chi connectivity index (χ0v) is 40.7. The summed E-state index contributed by atoms with van der Waals surface area (Å²) >= 11 is 0. The number of aromatic nitrogens is 12. The summed E-state index contributed by atoms with van der Waals surface area (Å²) < 4.78 is 6.09. The summed E-state index contributed by atoms with van der Waals surface area (Å²) in [7, 11) is 0. The van der Waals surface area contributed by atoms with Crippen LogP contribution in [-0.4, -0.2) is 78.7 Å². The van der Waals surface area contributed by atoms with Gasteiger partial charge in [0, 0.05) is 97.1 Å². The standard InChI is InChI=1S/C20H27N5.C15H24N6.C14H23N7/c1-3-4-12-22-19-17(15(2)23-20(21)24-19)9-7-13-25-14-11-16-8-5-6-10-18(16)25;1-3-4-8-17-14-13(12(2)19-15(16)20-14)7-5-10-21-11-6-9-18-21;1-3-4-7-17-13-12(11(2)19-14(15)20-13)6-5-8-21-10-16-9-18-21/h5-6,8,10-11,14H,3-4,7,9,12-13H2,1-2H3,(H3,21,22,23,24);6,9,11H,3-5,7-8,10H2,1-2H3,(H3,16,17,19,20);9-10H,3-8H2,1-2H3,(H3,15,17,19,20). The molecule has 1 aromatic carbocycles. The molecular weight excluding hydrogens is 841 g/mol. The minimum absolute atomic E-state index is 0.325. The number of nitrogen functional groups attached to an aromatic ring is 3. The first-order valence-electron chi connectivity index (χ1n) is 24.0. The van der Waals surface area contributed by atoms with Gasteiger partial charge in [-0.15, -0.1) is 0 Å². The minimum Gasteiger partial charge on any atom is -0.370 e. The van der Waals surface area contributed by atoms with Gasteiger partial charge in [0.15, 0.2) is 0 Å². The maximum Gasteiger partial charge on any atom is 0.222 e. The Kier molecular flexibility index (Phi) is 21.1. The highest BCUT2D eigenvalue weighted by Gasteiger charge is 2.13. The van der Waals surface area contributed by atoms with E-state index in [1.165, 1.54) is 16.5 Å². The second-order valence-corrected chi connectivity index (χ2v) is 16.6. The molecule has 0 atom stereocenters. The van der Waals surface area contributed by atoms with Crippen LogP contribution in [0.25, 0.3) is 10.9 Å². The molecule has 0 unspecified atom stereocenters. The predicted octanol–water partition coefficient (Wildman–Crippen LogP) is 8.38. The zero-order chi connectivity index (χ0) is 47.8. The van der Waals surface area contributed by atoms with Crippen molar-refractivity contribution in [2.24, 2.45) is 0 Å². The summed E-state index contributed by atoms with van der Waals surface area (Å²) in [6, 6.07) is 12.6. The Morgan fingerprint density at radius 2 is 0.985 bits per heavy atom. The van der Waals surface area contributed by atoms with Crippen LogP contribution in [0.15, 0.2) is 67.6 Å². The molecule has 0 bridgehead atoms. The first-order chi connectivity index (χ1) is 32.6. The van der Waals surface area contributed by atoms with Crippen molar-refractivity contribution in [3.63, 3.8) is 0 Å². The lowest BCUT2D eigenvalue weighted by Gasteiger charge is -2.14. The third-order valence-electron chi connectivity index (χ3n) is 11.3. The summed E-state index contributed by atoms with van der Waals surface area (Å²) in [5.74, 6) is 3.65. The summed E-state index contributed by atoms with van der Waals surface area (Å²) in [6.07, 6.45) is 21.8. The molecule has 9 N–H and O–H groups in total. The number of para-hydroxylation sites is 1. The molecule has 18 heteroatoms. The van der Waals surface area contributed by atoms with Gasteiger partial charge >= 0.3 is 0 Å². The van der Waals surface area contributed by atoms with Crippen LogP contribution in [-0.2, 0) is 38.9 Å². The second-order valence-electron chi connectivity index (χ2n) is 16.6. The highest BCUT2D eigenvalue weighted by atomic mass is 15.3. The van der Waals surface area contributed by atoms with Crippen molar-refractivity contribution in [3.8, 4) is 0 Å². The Hall–Kier alpha value is -6.85. The Labute approximate surface area is 396 Å². The Morgan fingerprint density at radius 3 is 1.43 bits per heavy atom. The number of anilines is 6. The van der Waals surface area contributed by atoms with Crippen molar-refractivity contribution in [2.75, 3.05) is 52.8 Å². The van der Waals surface area contributed by atoms with Crippen molar-refractivity contribution in [1.29, 1.82) is 0 Å². The van der Waals surface area contributed by atoms with Crippen LogP contribution < -0.4 is 33.2 Å². The van der Waals surface area contributed by atoms with Crippen molar-refractivity contribution in [1.82, 2.24) is 59.0 Å². The Bertz CT molecular complexity index is 2380. The Balaban J connectivity index is 0.000000189. The molecule has 6 heterocycles. The van der Waals surface area contributed by atoms with Gasteiger partial charge in [-0.1, -0.05) is 58.2 Å². The lowest BCUT2D eigenvalue weighted by molar-refractivity contribution is 0.576. The van der Waals surface area contributed by atoms with Crippen molar-refractivity contribution < 1.29 is 0 Å². The number of hydrogen-bond acceptors (Lipinski definition) is 15. The van der Waals surface area contributed by atoms with Crippen LogP contribution in [0, 0.1) is 20.8 Å². The van der Waals surface area contributed by atoms with Crippen LogP contribution in [0.4, 0.5) is 35.3 Å². The molecule has 0 fully saturated rings. The second kappa shape index (κ2) is 27.6. The molecule has 0 aliphatic heterocycles. The third-order valence-corrected chi connectivity index (χ3v) is 11.3. The number of nitrogens with two attached hydrogens (primary N) is 3. The lowest BCUT2D eigenvalue weighted by Crippen LogP contribution is -2.12. The number of benzene rings is 1. The lowest BCUT2D eigenvalue weighted by atomic mass is 10.1. The van der Waals surface area contributed by atoms with E-state index in [0.717, 1.165) is 162 Å². The average molecular weight is 915 g/mol. The van der Waals surface area contributed by atoms with E-state index in [0.29, 0.717) is 17.8 Å². The SMILES string of the molecule is CCCCNc1nc(N)nc(C)c1CCCn1ccc2ccccc21.CCCCNc1nc(N)nc(C)c1CCCn1cccn1.CCCCNc1nc(N)nc(C)c1CCCn1cncn1. The van der Waals surface area contributed by atoms with Crippen molar-refractivity contribution in [3.05, 3.63) is 101 Å². The molecule has 0 aliphatic rings. The van der Waals surface area contributed by atoms with E-state index in [1.54, 1.807) is 18.9 Å². The van der Waals surface area contributed by atoms with Gasteiger partial charge in [-0.25, -0.2) is 19.9 Å². The summed E-state index contributed by atoms with van der Waals surface area (Å²) in [6.45, 7) is 18.0. The first kappa shape index (κ1) is 51.1. The molecule has 360 valence electrons. The van der Waals surface area contributed by atoms with Gasteiger partial charge in [-0.2, -0.15) is 25.1 Å². The van der Waals surface area contributed by atoms with E-state index >= 15 is 0 Å². The molecule has 0 saturated heterocycles. The fourth-order valence-corrected chi connectivity index (χ4v) is 7.72. The first-order valence-corrected chi connectivity index (χ1v) is 24.0. The molecule has 6 aromatic heterocycles. The number of rotatable bonds is 24. The number of unbranched alkanes of at least 4 members (excludes halogenated alkanes) is 3. The van der Waals surface area contributed by atoms with E-state index in [-0.39, 0.29) is 0 Å². The van der Waals surface area contributed by atoms with E-state index in [1.807, 2.05) is 42.4 Å². The molecular formula is C49H74N18. The van der Waals surface area contributed by atoms with Gasteiger partial charge in [0.25, 0.3) is 0 Å². The third kappa shape index (κ3) is 16.5. The topological polar surface area (TPSA) is 245 Å². The van der Waals surface area contributed by atoms with Crippen LogP contribution in [0.1, 0.15) is 112 Å². The normalized spacial score (nSPS) is 10.9. The fourth-order valence-electron chi connectivity index (χ4n) is 7.72. The van der Waals surface area contributed by atoms with Crippen LogP contribution >= 0.6 is 0 Å². The molecule has 0 spiro atoms. The quantitative estimate of drug-likeness (QED) is 0.0312. The number of hydrogen-bond donors (Lipinski definition) is 6. The smallest absolute Gasteiger partial charge is 0.222 e. The molecule has 0 amide bonds. The fraction of sp³-hybridized carbons (Fsp3) is 0.490. The number of fused-ring (bicyclic) bond motifs is 1. The van der Waals surface area contributed by atoms with E-state index in [9.17, 15) is 0 Å². The van der Waals surface area contributed by atoms with E-state index < -0.39 is 0 Å². The highest BCUT2D eigenvalue weighted by molar-refractivity contribution is 5.79. The number of nitrogens with one attached hydrogen (secondary N) is 3. The van der Waals surface area contributed by atoms with Gasteiger partial charge in [0.05, 0.1) is 0 Å². The van der Waals surface area contributed by atoms with Crippen LogP contribution in [0.5, 0.6) is 0 Å². The maximum absolute atomic E-state index is 5.83. The monoisotopic (exact) mass is 915 g/mol. The molecule has 7 rings (SSSR count). The number of nitrogens with zero attached hydrogens (tertiary/aromatic N) is 12. The highest BCUT2D eigenvalue weighted by Crippen LogP contribution is 2.23. The molecule has 18 nitrogen and oxygen atoms in total. The van der Waals surface area contributed by atoms with Gasteiger partial charge in [0.1, 0.15) is 30.1 Å². The predicted molar refractivity (Wildman–Crippen MR) is 273 cm³/mol.